The first-order valence-corrected chi connectivity index (χ1v) is 11.5. The number of halogens is 1. The van der Waals surface area contributed by atoms with Crippen LogP contribution < -0.4 is 10.1 Å². The normalized spacial score (nSPS) is 13.7. The molecule has 0 fully saturated rings. The van der Waals surface area contributed by atoms with Gasteiger partial charge < -0.3 is 0 Å². The Labute approximate surface area is 206 Å². The molecular weight excluding hydrogens is 459 g/mol. The fourth-order valence-electron chi connectivity index (χ4n) is 4.48. The van der Waals surface area contributed by atoms with Crippen LogP contribution in [0.4, 0.5) is 4.39 Å². The smallest absolute Gasteiger partial charge is 0.295 e. The number of rotatable bonds is 5. The van der Waals surface area contributed by atoms with Crippen LogP contribution in [0.1, 0.15) is 27.9 Å². The van der Waals surface area contributed by atoms with Gasteiger partial charge in [0, 0.05) is 17.8 Å². The number of amides is 2. The molecule has 8 heteroatoms. The molecule has 0 saturated carbocycles. The zero-order valence-electron chi connectivity index (χ0n) is 20.1. The van der Waals surface area contributed by atoms with Crippen LogP contribution in [0.25, 0.3) is 17.0 Å². The van der Waals surface area contributed by atoms with Gasteiger partial charge in [-0.1, -0.05) is 30.3 Å². The first kappa shape index (κ1) is 23.2. The minimum absolute atomic E-state index is 0.0288. The maximum absolute atomic E-state index is 13.7. The van der Waals surface area contributed by atoms with Gasteiger partial charge in [-0.15, -0.1) is 0 Å². The third-order valence-corrected chi connectivity index (χ3v) is 6.51. The van der Waals surface area contributed by atoms with Crippen LogP contribution in [0, 0.1) is 26.6 Å². The van der Waals surface area contributed by atoms with E-state index >= 15 is 0 Å². The van der Waals surface area contributed by atoms with Crippen LogP contribution >= 0.6 is 0 Å². The second-order valence-corrected chi connectivity index (χ2v) is 8.80. The van der Waals surface area contributed by atoms with Gasteiger partial charge in [0.05, 0.1) is 17.8 Å². The number of aryl methyl sites for hydroxylation is 2. The van der Waals surface area contributed by atoms with Crippen LogP contribution in [-0.4, -0.2) is 26.5 Å². The van der Waals surface area contributed by atoms with Gasteiger partial charge in [-0.25, -0.2) is 9.07 Å². The Hall–Kier alpha value is -4.59. The summed E-state index contributed by atoms with van der Waals surface area (Å²) in [7, 11) is 0. The highest BCUT2D eigenvalue weighted by Crippen LogP contribution is 2.31. The van der Waals surface area contributed by atoms with Crippen molar-refractivity contribution in [3.63, 3.8) is 0 Å². The molecule has 0 radical (unpaired) electrons. The molecule has 0 saturated heterocycles. The molecule has 1 aliphatic heterocycles. The average Bonchev–Trinajstić information content (AvgIpc) is 3.29. The molecule has 0 unspecified atom stereocenters. The van der Waals surface area contributed by atoms with Gasteiger partial charge in [0.2, 0.25) is 0 Å². The molecule has 1 N–H and O–H groups in total. The van der Waals surface area contributed by atoms with Crippen molar-refractivity contribution in [1.82, 2.24) is 14.7 Å². The van der Waals surface area contributed by atoms with Crippen molar-refractivity contribution < 1.29 is 18.5 Å². The van der Waals surface area contributed by atoms with E-state index in [4.69, 9.17) is 0 Å². The summed E-state index contributed by atoms with van der Waals surface area (Å²) in [6, 6.07) is 16.5. The summed E-state index contributed by atoms with van der Waals surface area (Å²) >= 11 is 0. The number of hydrogen-bond donors (Lipinski definition) is 1. The maximum atomic E-state index is 13.7. The molecule has 180 valence electrons. The summed E-state index contributed by atoms with van der Waals surface area (Å²) in [4.78, 5) is 42.2. The fraction of sp³-hybridized carbons (Fsp3) is 0.143. The number of benzene rings is 2. The highest BCUT2D eigenvalue weighted by atomic mass is 19.1. The van der Waals surface area contributed by atoms with Crippen molar-refractivity contribution in [3.8, 4) is 5.69 Å². The molecule has 3 heterocycles. The lowest BCUT2D eigenvalue weighted by Crippen LogP contribution is -2.39. The van der Waals surface area contributed by atoms with Gasteiger partial charge in [-0.05, 0) is 55.7 Å². The van der Waals surface area contributed by atoms with Gasteiger partial charge in [-0.3, -0.25) is 24.4 Å². The van der Waals surface area contributed by atoms with Crippen LogP contribution in [0.3, 0.4) is 0 Å². The Morgan fingerprint density at radius 3 is 2.25 bits per heavy atom. The summed E-state index contributed by atoms with van der Waals surface area (Å²) in [6.45, 7) is 5.54. The second kappa shape index (κ2) is 8.88. The summed E-state index contributed by atoms with van der Waals surface area (Å²) < 4.78 is 16.4. The Balaban J connectivity index is 1.68. The molecule has 4 aromatic rings. The Morgan fingerprint density at radius 1 is 0.861 bits per heavy atom. The average molecular weight is 484 g/mol. The molecular formula is C28H24FN4O3+. The van der Waals surface area contributed by atoms with E-state index in [-0.39, 0.29) is 23.4 Å². The van der Waals surface area contributed by atoms with E-state index in [0.29, 0.717) is 16.9 Å². The van der Waals surface area contributed by atoms with E-state index in [1.165, 1.54) is 28.9 Å². The number of H-pyrrole nitrogens is 1. The zero-order chi connectivity index (χ0) is 25.6. The number of hydrogen-bond acceptors (Lipinski definition) is 3. The number of nitrogens with zero attached hydrogens (tertiary/aromatic N) is 3. The molecule has 5 rings (SSSR count). The monoisotopic (exact) mass is 483 g/mol. The highest BCUT2D eigenvalue weighted by Gasteiger charge is 2.47. The Bertz CT molecular complexity index is 1600. The van der Waals surface area contributed by atoms with Gasteiger partial charge >= 0.3 is 5.91 Å². The van der Waals surface area contributed by atoms with Crippen LogP contribution in [0.15, 0.2) is 77.9 Å². The van der Waals surface area contributed by atoms with Gasteiger partial charge in [0.1, 0.15) is 11.4 Å². The number of aromatic amines is 1. The molecule has 36 heavy (non-hydrogen) atoms. The molecule has 0 aliphatic carbocycles. The van der Waals surface area contributed by atoms with E-state index in [0.717, 1.165) is 16.0 Å². The summed E-state index contributed by atoms with van der Waals surface area (Å²) in [5, 5.41) is 3.09. The summed E-state index contributed by atoms with van der Waals surface area (Å²) in [6.07, 6.45) is 3.32. The maximum Gasteiger partial charge on any atom is 0.327 e. The van der Waals surface area contributed by atoms with Gasteiger partial charge in [0.25, 0.3) is 17.2 Å². The predicted molar refractivity (Wildman–Crippen MR) is 132 cm³/mol. The standard InChI is InChI=1S/C28H23FN4O3/c1-17-8-7-9-22(18(17)2)33-27(35)23(19(3)30-33)24-25(31-14-5-4-6-15-31)28(36)32(26(24)34)16-20-10-12-21(29)13-11-20/h4-15H,16H2,1-3H3/p+1. The van der Waals surface area contributed by atoms with Gasteiger partial charge in [-0.2, -0.15) is 4.57 Å². The molecule has 7 nitrogen and oxygen atoms in total. The quantitative estimate of drug-likeness (QED) is 0.349. The molecule has 1 aliphatic rings. The third kappa shape index (κ3) is 3.76. The largest absolute Gasteiger partial charge is 0.327 e. The molecule has 0 atom stereocenters. The Kier molecular flexibility index (Phi) is 5.72. The summed E-state index contributed by atoms with van der Waals surface area (Å²) in [5.41, 5.74) is 3.51. The minimum atomic E-state index is -0.581. The molecule has 0 bridgehead atoms. The number of imide groups is 1. The number of carbonyl (C=O) groups excluding carboxylic acids is 2. The topological polar surface area (TPSA) is 79.1 Å². The lowest BCUT2D eigenvalue weighted by Gasteiger charge is -2.13. The van der Waals surface area contributed by atoms with Crippen LogP contribution in [0.5, 0.6) is 0 Å². The van der Waals surface area contributed by atoms with Crippen molar-refractivity contribution in [2.75, 3.05) is 0 Å². The number of pyridine rings is 1. The fourth-order valence-corrected chi connectivity index (χ4v) is 4.48. The van der Waals surface area contributed by atoms with E-state index in [1.54, 1.807) is 42.1 Å². The predicted octanol–water partition coefficient (Wildman–Crippen LogP) is 3.45. The SMILES string of the molecule is Cc1cccc(-n2[nH]c(C)c(C3=C([n+]4ccccc4)C(=O)N(Cc4ccc(F)cc4)C3=O)c2=O)c1C. The minimum Gasteiger partial charge on any atom is -0.295 e. The van der Waals surface area contributed by atoms with E-state index in [9.17, 15) is 18.8 Å². The highest BCUT2D eigenvalue weighted by molar-refractivity contribution is 6.44. The zero-order valence-corrected chi connectivity index (χ0v) is 20.1. The van der Waals surface area contributed by atoms with E-state index in [2.05, 4.69) is 5.10 Å². The molecule has 0 spiro atoms. The molecule has 2 amide bonds. The van der Waals surface area contributed by atoms with Crippen molar-refractivity contribution >= 4 is 23.1 Å². The van der Waals surface area contributed by atoms with Crippen LogP contribution in [-0.2, 0) is 16.1 Å². The molecule has 2 aromatic heterocycles. The lowest BCUT2D eigenvalue weighted by atomic mass is 10.0. The second-order valence-electron chi connectivity index (χ2n) is 8.80. The molecule has 2 aromatic carbocycles. The lowest BCUT2D eigenvalue weighted by molar-refractivity contribution is -0.576. The summed E-state index contributed by atoms with van der Waals surface area (Å²) in [5.74, 6) is -1.52. The third-order valence-electron chi connectivity index (χ3n) is 6.51. The first-order valence-electron chi connectivity index (χ1n) is 11.5. The number of aromatic nitrogens is 3. The number of carbonyl (C=O) groups is 2. The van der Waals surface area contributed by atoms with Crippen molar-refractivity contribution in [2.24, 2.45) is 0 Å². The van der Waals surface area contributed by atoms with Crippen LogP contribution in [0.2, 0.25) is 0 Å². The number of nitrogens with one attached hydrogen (secondary N) is 1. The Morgan fingerprint density at radius 2 is 1.56 bits per heavy atom. The van der Waals surface area contributed by atoms with Crippen molar-refractivity contribution in [1.29, 1.82) is 0 Å². The van der Waals surface area contributed by atoms with Gasteiger partial charge in [0.15, 0.2) is 12.4 Å². The van der Waals surface area contributed by atoms with Crippen molar-refractivity contribution in [2.45, 2.75) is 27.3 Å². The van der Waals surface area contributed by atoms with E-state index in [1.807, 2.05) is 32.0 Å². The van der Waals surface area contributed by atoms with Crippen molar-refractivity contribution in [3.05, 3.63) is 117 Å². The first-order chi connectivity index (χ1) is 17.3. The van der Waals surface area contributed by atoms with E-state index < -0.39 is 23.2 Å².